The van der Waals surface area contributed by atoms with Gasteiger partial charge in [-0.25, -0.2) is 4.98 Å². The van der Waals surface area contributed by atoms with Crippen molar-refractivity contribution in [2.75, 3.05) is 0 Å². The number of nitrogens with zero attached hydrogens (tertiary/aromatic N) is 3. The molecule has 1 aliphatic heterocycles. The number of para-hydroxylation sites is 2. The molecule has 0 radical (unpaired) electrons. The van der Waals surface area contributed by atoms with Crippen LogP contribution < -0.4 is 5.32 Å². The lowest BCUT2D eigenvalue weighted by Gasteiger charge is -2.44. The zero-order chi connectivity index (χ0) is 23.7. The molecule has 1 fully saturated rings. The summed E-state index contributed by atoms with van der Waals surface area (Å²) in [7, 11) is 0. The Kier molecular flexibility index (Phi) is 6.15. The third-order valence-electron chi connectivity index (χ3n) is 7.54. The number of hydrogen-bond acceptors (Lipinski definition) is 3. The number of benzene rings is 2. The zero-order valence-corrected chi connectivity index (χ0v) is 20.2. The van der Waals surface area contributed by atoms with Gasteiger partial charge in [-0.05, 0) is 44.4 Å². The number of amides is 2. The van der Waals surface area contributed by atoms with E-state index in [-0.39, 0.29) is 17.9 Å². The molecule has 0 spiro atoms. The molecule has 1 atom stereocenters. The zero-order valence-electron chi connectivity index (χ0n) is 20.2. The van der Waals surface area contributed by atoms with Crippen molar-refractivity contribution in [1.29, 1.82) is 0 Å². The Bertz CT molecular complexity index is 1190. The van der Waals surface area contributed by atoms with Gasteiger partial charge in [0.05, 0.1) is 17.6 Å². The van der Waals surface area contributed by atoms with Crippen LogP contribution in [0.5, 0.6) is 0 Å². The molecule has 0 unspecified atom stereocenters. The summed E-state index contributed by atoms with van der Waals surface area (Å²) in [4.78, 5) is 34.1. The highest BCUT2D eigenvalue weighted by Gasteiger charge is 2.48. The second-order valence-corrected chi connectivity index (χ2v) is 10.2. The molecule has 1 N–H and O–H groups in total. The molecule has 6 heteroatoms. The van der Waals surface area contributed by atoms with Gasteiger partial charge in [0, 0.05) is 12.6 Å². The van der Waals surface area contributed by atoms with Crippen LogP contribution >= 0.6 is 0 Å². The van der Waals surface area contributed by atoms with Gasteiger partial charge >= 0.3 is 0 Å². The van der Waals surface area contributed by atoms with Gasteiger partial charge in [0.1, 0.15) is 5.54 Å². The van der Waals surface area contributed by atoms with Crippen LogP contribution in [0.25, 0.3) is 11.0 Å². The highest BCUT2D eigenvalue weighted by molar-refractivity contribution is 6.01. The maximum atomic E-state index is 13.9. The molecular weight excluding hydrogens is 424 g/mol. The third kappa shape index (κ3) is 4.22. The second-order valence-electron chi connectivity index (χ2n) is 10.2. The summed E-state index contributed by atoms with van der Waals surface area (Å²) in [5.41, 5.74) is 2.84. The SMILES string of the molecule is Cc1ccc(CN2C(=O)c3nc4ccccc4n3C[C@]2(C)C(=O)NC2CCCCCCC2)cc1. The lowest BCUT2D eigenvalue weighted by molar-refractivity contribution is -0.134. The molecule has 2 aromatic carbocycles. The third-order valence-corrected chi connectivity index (χ3v) is 7.54. The van der Waals surface area contributed by atoms with E-state index in [4.69, 9.17) is 0 Å². The van der Waals surface area contributed by atoms with Crippen LogP contribution in [0.3, 0.4) is 0 Å². The Morgan fingerprint density at radius 3 is 2.44 bits per heavy atom. The van der Waals surface area contributed by atoms with Crippen LogP contribution in [0.1, 0.15) is 73.6 Å². The minimum absolute atomic E-state index is 0.0676. The molecule has 2 heterocycles. The van der Waals surface area contributed by atoms with E-state index < -0.39 is 5.54 Å². The van der Waals surface area contributed by atoms with Gasteiger partial charge in [-0.2, -0.15) is 0 Å². The maximum Gasteiger partial charge on any atom is 0.291 e. The number of fused-ring (bicyclic) bond motifs is 3. The smallest absolute Gasteiger partial charge is 0.291 e. The van der Waals surface area contributed by atoms with E-state index in [1.165, 1.54) is 24.8 Å². The lowest BCUT2D eigenvalue weighted by Crippen LogP contribution is -2.64. The van der Waals surface area contributed by atoms with E-state index in [9.17, 15) is 9.59 Å². The summed E-state index contributed by atoms with van der Waals surface area (Å²) in [5, 5.41) is 3.35. The Labute approximate surface area is 201 Å². The van der Waals surface area contributed by atoms with E-state index in [1.807, 2.05) is 66.9 Å². The number of aryl methyl sites for hydroxylation is 1. The van der Waals surface area contributed by atoms with Crippen LogP contribution in [0.4, 0.5) is 0 Å². The molecule has 0 bridgehead atoms. The van der Waals surface area contributed by atoms with Crippen molar-refractivity contribution in [3.05, 3.63) is 65.5 Å². The normalized spacial score (nSPS) is 21.7. The van der Waals surface area contributed by atoms with Gasteiger partial charge < -0.3 is 14.8 Å². The van der Waals surface area contributed by atoms with Crippen molar-refractivity contribution in [2.24, 2.45) is 0 Å². The highest BCUT2D eigenvalue weighted by atomic mass is 16.2. The molecule has 178 valence electrons. The maximum absolute atomic E-state index is 13.9. The van der Waals surface area contributed by atoms with Crippen molar-refractivity contribution in [3.63, 3.8) is 0 Å². The molecular formula is C28H34N4O2. The first kappa shape index (κ1) is 22.6. The number of hydrogen-bond donors (Lipinski definition) is 1. The van der Waals surface area contributed by atoms with Crippen LogP contribution in [-0.4, -0.2) is 37.8 Å². The molecule has 1 aromatic heterocycles. The molecule has 3 aromatic rings. The van der Waals surface area contributed by atoms with Crippen molar-refractivity contribution in [3.8, 4) is 0 Å². The molecule has 2 aliphatic rings. The van der Waals surface area contributed by atoms with E-state index >= 15 is 0 Å². The summed E-state index contributed by atoms with van der Waals surface area (Å²) in [6, 6.07) is 16.1. The molecule has 34 heavy (non-hydrogen) atoms. The number of carbonyl (C=O) groups excluding carboxylic acids is 2. The second kappa shape index (κ2) is 9.24. The van der Waals surface area contributed by atoms with E-state index in [2.05, 4.69) is 10.3 Å². The minimum atomic E-state index is -1.01. The van der Waals surface area contributed by atoms with Gasteiger partial charge in [-0.3, -0.25) is 9.59 Å². The van der Waals surface area contributed by atoms with Crippen LogP contribution in [0.15, 0.2) is 48.5 Å². The predicted molar refractivity (Wildman–Crippen MR) is 133 cm³/mol. The topological polar surface area (TPSA) is 67.2 Å². The van der Waals surface area contributed by atoms with Crippen molar-refractivity contribution in [2.45, 2.75) is 83.5 Å². The number of nitrogens with one attached hydrogen (secondary N) is 1. The first-order valence-corrected chi connectivity index (χ1v) is 12.6. The fourth-order valence-electron chi connectivity index (χ4n) is 5.39. The number of aromatic nitrogens is 2. The molecule has 1 saturated carbocycles. The first-order chi connectivity index (χ1) is 16.5. The quantitative estimate of drug-likeness (QED) is 0.599. The molecule has 6 nitrogen and oxygen atoms in total. The van der Waals surface area contributed by atoms with Crippen molar-refractivity contribution >= 4 is 22.8 Å². The Morgan fingerprint density at radius 1 is 1.03 bits per heavy atom. The molecule has 5 rings (SSSR count). The standard InChI is InChI=1S/C28H34N4O2/c1-20-14-16-21(17-15-20)18-32-26(33)25-30-23-12-8-9-13-24(23)31(25)19-28(32,2)27(34)29-22-10-6-4-3-5-7-11-22/h8-9,12-17,22H,3-7,10-11,18-19H2,1-2H3,(H,29,34)/t28-/m1/s1. The average Bonchev–Trinajstić information content (AvgIpc) is 3.18. The van der Waals surface area contributed by atoms with Gasteiger partial charge in [0.25, 0.3) is 5.91 Å². The summed E-state index contributed by atoms with van der Waals surface area (Å²) in [6.45, 7) is 4.72. The molecule has 2 amide bonds. The van der Waals surface area contributed by atoms with Gasteiger partial charge in [-0.1, -0.05) is 74.1 Å². The van der Waals surface area contributed by atoms with Crippen LogP contribution in [0.2, 0.25) is 0 Å². The molecule has 0 saturated heterocycles. The average molecular weight is 459 g/mol. The lowest BCUT2D eigenvalue weighted by atomic mass is 9.92. The predicted octanol–water partition coefficient (Wildman–Crippen LogP) is 4.99. The summed E-state index contributed by atoms with van der Waals surface area (Å²) in [5.74, 6) is 0.143. The number of imidazole rings is 1. The van der Waals surface area contributed by atoms with E-state index in [0.717, 1.165) is 42.3 Å². The molecule has 1 aliphatic carbocycles. The van der Waals surface area contributed by atoms with E-state index in [0.29, 0.717) is 18.9 Å². The van der Waals surface area contributed by atoms with Crippen LogP contribution in [-0.2, 0) is 17.9 Å². The van der Waals surface area contributed by atoms with Crippen molar-refractivity contribution < 1.29 is 9.59 Å². The monoisotopic (exact) mass is 458 g/mol. The number of rotatable bonds is 4. The van der Waals surface area contributed by atoms with Gasteiger partial charge in [-0.15, -0.1) is 0 Å². The summed E-state index contributed by atoms with van der Waals surface area (Å²) < 4.78 is 1.93. The van der Waals surface area contributed by atoms with Gasteiger partial charge in [0.2, 0.25) is 5.91 Å². The Morgan fingerprint density at radius 2 is 1.71 bits per heavy atom. The highest BCUT2D eigenvalue weighted by Crippen LogP contribution is 2.32. The first-order valence-electron chi connectivity index (χ1n) is 12.6. The van der Waals surface area contributed by atoms with E-state index in [1.54, 1.807) is 4.90 Å². The largest absolute Gasteiger partial charge is 0.351 e. The fourth-order valence-corrected chi connectivity index (χ4v) is 5.39. The fraction of sp³-hybridized carbons (Fsp3) is 0.464. The van der Waals surface area contributed by atoms with Gasteiger partial charge in [0.15, 0.2) is 5.82 Å². The summed E-state index contributed by atoms with van der Waals surface area (Å²) >= 11 is 0. The van der Waals surface area contributed by atoms with Crippen LogP contribution in [0, 0.1) is 6.92 Å². The Balaban J connectivity index is 1.51. The number of carbonyl (C=O) groups is 2. The van der Waals surface area contributed by atoms with Crippen molar-refractivity contribution in [1.82, 2.24) is 19.8 Å². The Hall–Kier alpha value is -3.15. The minimum Gasteiger partial charge on any atom is -0.351 e. The summed E-state index contributed by atoms with van der Waals surface area (Å²) in [6.07, 6.45) is 8.04.